The molecule has 2 atom stereocenters. The Kier molecular flexibility index (Phi) is 5.16. The summed E-state index contributed by atoms with van der Waals surface area (Å²) in [5, 5.41) is 2.96. The number of methoxy groups -OCH3 is 2. The lowest BCUT2D eigenvalue weighted by atomic mass is 10.1. The Balaban J connectivity index is 1.48. The van der Waals surface area contributed by atoms with E-state index in [1.54, 1.807) is 18.2 Å². The van der Waals surface area contributed by atoms with Gasteiger partial charge in [0.15, 0.2) is 0 Å². The van der Waals surface area contributed by atoms with Gasteiger partial charge in [-0.1, -0.05) is 0 Å². The van der Waals surface area contributed by atoms with Gasteiger partial charge in [0, 0.05) is 31.2 Å². The Labute approximate surface area is 170 Å². The van der Waals surface area contributed by atoms with Crippen molar-refractivity contribution in [3.8, 4) is 11.5 Å². The van der Waals surface area contributed by atoms with Crippen LogP contribution < -0.4 is 14.8 Å². The third-order valence-corrected chi connectivity index (χ3v) is 7.48. The summed E-state index contributed by atoms with van der Waals surface area (Å²) in [5.41, 5.74) is 0.379. The van der Waals surface area contributed by atoms with Crippen LogP contribution in [0, 0.1) is 0 Å². The van der Waals surface area contributed by atoms with Gasteiger partial charge in [-0.3, -0.25) is 14.5 Å². The molecule has 1 aliphatic carbocycles. The average Bonchev–Trinajstić information content (AvgIpc) is 3.45. The minimum atomic E-state index is -3.56. The second-order valence-electron chi connectivity index (χ2n) is 7.66. The fraction of sp³-hybridized carbons (Fsp3) is 0.579. The van der Waals surface area contributed by atoms with Crippen LogP contribution in [0.15, 0.2) is 18.2 Å². The number of fused-ring (bicyclic) bond motifs is 1. The van der Waals surface area contributed by atoms with Crippen LogP contribution in [0.1, 0.15) is 29.6 Å². The molecule has 158 valence electrons. The maximum Gasteiger partial charge on any atom is 0.255 e. The predicted octanol–water partition coefficient (Wildman–Crippen LogP) is 0.211. The fourth-order valence-electron chi connectivity index (χ4n) is 4.09. The van der Waals surface area contributed by atoms with Crippen molar-refractivity contribution in [3.63, 3.8) is 0 Å². The first-order valence-corrected chi connectivity index (χ1v) is 11.3. The summed E-state index contributed by atoms with van der Waals surface area (Å²) < 4.78 is 36.5. The number of amides is 2. The van der Waals surface area contributed by atoms with Gasteiger partial charge in [0.1, 0.15) is 11.5 Å². The van der Waals surface area contributed by atoms with Crippen molar-refractivity contribution in [3.05, 3.63) is 23.8 Å². The van der Waals surface area contributed by atoms with E-state index in [0.717, 1.165) is 17.1 Å². The average molecular weight is 423 g/mol. The van der Waals surface area contributed by atoms with Crippen LogP contribution in [0.25, 0.3) is 0 Å². The van der Waals surface area contributed by atoms with Gasteiger partial charge in [0.2, 0.25) is 10.0 Å². The summed E-state index contributed by atoms with van der Waals surface area (Å²) in [7, 11) is -0.543. The van der Waals surface area contributed by atoms with Crippen molar-refractivity contribution in [2.45, 2.75) is 37.4 Å². The molecule has 2 amide bonds. The van der Waals surface area contributed by atoms with Crippen LogP contribution in [0.3, 0.4) is 0 Å². The van der Waals surface area contributed by atoms with E-state index in [9.17, 15) is 18.0 Å². The maximum atomic E-state index is 13.0. The van der Waals surface area contributed by atoms with Gasteiger partial charge in [-0.2, -0.15) is 0 Å². The van der Waals surface area contributed by atoms with Crippen molar-refractivity contribution >= 4 is 21.8 Å². The van der Waals surface area contributed by atoms with E-state index in [0.29, 0.717) is 36.6 Å². The lowest BCUT2D eigenvalue weighted by molar-refractivity contribution is -0.130. The summed E-state index contributed by atoms with van der Waals surface area (Å²) in [4.78, 5) is 27.6. The molecule has 0 bridgehead atoms. The first-order valence-electron chi connectivity index (χ1n) is 9.67. The highest BCUT2D eigenvalue weighted by Gasteiger charge is 2.49. The van der Waals surface area contributed by atoms with Crippen LogP contribution in [0.4, 0.5) is 0 Å². The Morgan fingerprint density at radius 3 is 2.62 bits per heavy atom. The monoisotopic (exact) mass is 423 g/mol. The lowest BCUT2D eigenvalue weighted by Crippen LogP contribution is -2.45. The maximum absolute atomic E-state index is 13.0. The molecule has 0 spiro atoms. The molecule has 1 aromatic rings. The zero-order valence-electron chi connectivity index (χ0n) is 16.5. The molecular weight excluding hydrogens is 398 g/mol. The summed E-state index contributed by atoms with van der Waals surface area (Å²) in [5.74, 6) is 0.254. The summed E-state index contributed by atoms with van der Waals surface area (Å²) >= 11 is 0. The standard InChI is InChI=1S/C19H25N3O6S/c1-27-14-5-6-15(17(10-14)28-2)18(23)20-12-9-16-19(24)22(13-3-4-13)29(25,26)8-7-21(16)11-12/h5-6,10,12-13,16H,3-4,7-9,11H2,1-2H3,(H,20,23)/t12-,16-/m0/s1. The second-order valence-corrected chi connectivity index (χ2v) is 9.63. The van der Waals surface area contributed by atoms with E-state index in [1.807, 2.05) is 4.90 Å². The van der Waals surface area contributed by atoms with Gasteiger partial charge in [-0.05, 0) is 31.4 Å². The number of carbonyl (C=O) groups is 2. The SMILES string of the molecule is COc1ccc(C(=O)N[C@H]2C[C@H]3C(=O)N(C4CC4)S(=O)(=O)CCN3C2)c(OC)c1. The summed E-state index contributed by atoms with van der Waals surface area (Å²) in [6, 6.07) is 4.00. The number of hydrogen-bond acceptors (Lipinski definition) is 7. The number of carbonyl (C=O) groups excluding carboxylic acids is 2. The van der Waals surface area contributed by atoms with E-state index in [-0.39, 0.29) is 29.7 Å². The topological polar surface area (TPSA) is 105 Å². The number of rotatable bonds is 5. The third-order valence-electron chi connectivity index (χ3n) is 5.71. The predicted molar refractivity (Wildman–Crippen MR) is 104 cm³/mol. The number of sulfonamides is 1. The van der Waals surface area contributed by atoms with Crippen LogP contribution in [0.5, 0.6) is 11.5 Å². The minimum Gasteiger partial charge on any atom is -0.497 e. The van der Waals surface area contributed by atoms with Gasteiger partial charge >= 0.3 is 0 Å². The lowest BCUT2D eigenvalue weighted by Gasteiger charge is -2.23. The van der Waals surface area contributed by atoms with Crippen LogP contribution in [0.2, 0.25) is 0 Å². The van der Waals surface area contributed by atoms with Crippen LogP contribution >= 0.6 is 0 Å². The van der Waals surface area contributed by atoms with E-state index in [4.69, 9.17) is 9.47 Å². The van der Waals surface area contributed by atoms with Crippen molar-refractivity contribution in [1.82, 2.24) is 14.5 Å². The number of nitrogens with one attached hydrogen (secondary N) is 1. The molecule has 3 aliphatic rings. The van der Waals surface area contributed by atoms with Crippen LogP contribution in [-0.4, -0.2) is 80.6 Å². The molecule has 2 heterocycles. The largest absolute Gasteiger partial charge is 0.497 e. The highest BCUT2D eigenvalue weighted by atomic mass is 32.2. The number of benzene rings is 1. The molecule has 4 rings (SSSR count). The molecule has 1 N–H and O–H groups in total. The van der Waals surface area contributed by atoms with Crippen LogP contribution in [-0.2, 0) is 14.8 Å². The van der Waals surface area contributed by atoms with Crippen molar-refractivity contribution in [2.24, 2.45) is 0 Å². The van der Waals surface area contributed by atoms with Crippen molar-refractivity contribution < 1.29 is 27.5 Å². The normalized spacial score (nSPS) is 26.6. The molecule has 10 heteroatoms. The molecule has 0 unspecified atom stereocenters. The number of nitrogens with zero attached hydrogens (tertiary/aromatic N) is 2. The highest BCUT2D eigenvalue weighted by molar-refractivity contribution is 7.89. The first-order chi connectivity index (χ1) is 13.8. The molecule has 1 saturated carbocycles. The van der Waals surface area contributed by atoms with Gasteiger partial charge < -0.3 is 14.8 Å². The van der Waals surface area contributed by atoms with E-state index in [2.05, 4.69) is 5.32 Å². The zero-order chi connectivity index (χ0) is 20.8. The quantitative estimate of drug-likeness (QED) is 0.722. The Morgan fingerprint density at radius 2 is 1.97 bits per heavy atom. The Hall–Kier alpha value is -2.33. The molecule has 29 heavy (non-hydrogen) atoms. The van der Waals surface area contributed by atoms with Gasteiger partial charge in [-0.25, -0.2) is 12.7 Å². The molecule has 9 nitrogen and oxygen atoms in total. The van der Waals surface area contributed by atoms with Gasteiger partial charge in [-0.15, -0.1) is 0 Å². The Bertz CT molecular complexity index is 930. The van der Waals surface area contributed by atoms with Gasteiger partial charge in [0.25, 0.3) is 11.8 Å². The molecule has 3 fully saturated rings. The van der Waals surface area contributed by atoms with E-state index in [1.165, 1.54) is 14.2 Å². The first kappa shape index (κ1) is 20.0. The van der Waals surface area contributed by atoms with Crippen molar-refractivity contribution in [2.75, 3.05) is 33.1 Å². The van der Waals surface area contributed by atoms with Gasteiger partial charge in [0.05, 0.1) is 31.6 Å². The second kappa shape index (κ2) is 7.49. The Morgan fingerprint density at radius 1 is 1.21 bits per heavy atom. The summed E-state index contributed by atoms with van der Waals surface area (Å²) in [6.45, 7) is 0.731. The van der Waals surface area contributed by atoms with Crippen molar-refractivity contribution in [1.29, 1.82) is 0 Å². The number of ether oxygens (including phenoxy) is 2. The molecule has 0 aromatic heterocycles. The third kappa shape index (κ3) is 3.78. The molecule has 2 saturated heterocycles. The molecule has 2 aliphatic heterocycles. The molecular formula is C19H25N3O6S. The van der Waals surface area contributed by atoms with E-state index >= 15 is 0 Å². The minimum absolute atomic E-state index is 0.0707. The molecule has 0 radical (unpaired) electrons. The summed E-state index contributed by atoms with van der Waals surface area (Å²) in [6.07, 6.45) is 1.85. The molecule has 1 aromatic carbocycles. The zero-order valence-corrected chi connectivity index (χ0v) is 17.3. The number of hydrogen-bond donors (Lipinski definition) is 1. The van der Waals surface area contributed by atoms with E-state index < -0.39 is 16.1 Å². The smallest absolute Gasteiger partial charge is 0.255 e. The fourth-order valence-corrected chi connectivity index (χ4v) is 5.82. The highest BCUT2D eigenvalue weighted by Crippen LogP contribution is 2.34.